The maximum absolute atomic E-state index is 15.8. The highest BCUT2D eigenvalue weighted by Gasteiger charge is 2.66. The van der Waals surface area contributed by atoms with E-state index in [0.29, 0.717) is 32.9 Å². The lowest BCUT2D eigenvalue weighted by molar-refractivity contribution is 0.274. The summed E-state index contributed by atoms with van der Waals surface area (Å²) in [7, 11) is -3.90. The van der Waals surface area contributed by atoms with E-state index in [-0.39, 0.29) is 0 Å². The Labute approximate surface area is 258 Å². The summed E-state index contributed by atoms with van der Waals surface area (Å²) in [4.78, 5) is 15.5. The van der Waals surface area contributed by atoms with Crippen molar-refractivity contribution in [3.05, 3.63) is 116 Å². The van der Waals surface area contributed by atoms with Gasteiger partial charge in [0.2, 0.25) is 0 Å². The van der Waals surface area contributed by atoms with Gasteiger partial charge in [-0.05, 0) is 63.8 Å². The fraction of sp³-hybridized carbons (Fsp3) is 0.242. The normalized spacial score (nSPS) is 15.6. The van der Waals surface area contributed by atoms with Gasteiger partial charge in [0.05, 0.1) is 0 Å². The van der Waals surface area contributed by atoms with Crippen molar-refractivity contribution in [2.45, 2.75) is 47.9 Å². The van der Waals surface area contributed by atoms with Crippen LogP contribution in [-0.2, 0) is 0 Å². The molecule has 0 aromatic heterocycles. The van der Waals surface area contributed by atoms with E-state index in [1.807, 2.05) is 0 Å². The fourth-order valence-corrected chi connectivity index (χ4v) is 13.8. The fourth-order valence-electron chi connectivity index (χ4n) is 7.89. The van der Waals surface area contributed by atoms with Gasteiger partial charge in [0.15, 0.2) is 41.0 Å². The molecule has 13 heteroatoms. The van der Waals surface area contributed by atoms with E-state index in [9.17, 15) is 26.3 Å². The zero-order chi connectivity index (χ0) is 34.4. The van der Waals surface area contributed by atoms with E-state index >= 15 is 22.4 Å². The maximum Gasteiger partial charge on any atom is 0.200 e. The molecule has 0 atom stereocenters. The molecule has 0 unspecified atom stereocenters. The van der Waals surface area contributed by atoms with Crippen LogP contribution >= 0.6 is 7.26 Å². The van der Waals surface area contributed by atoms with E-state index in [4.69, 9.17) is 0 Å². The van der Waals surface area contributed by atoms with E-state index in [1.165, 1.54) is 0 Å². The molecule has 1 heterocycles. The van der Waals surface area contributed by atoms with Crippen molar-refractivity contribution in [1.29, 1.82) is 0 Å². The highest BCUT2D eigenvalue weighted by molar-refractivity contribution is 8.09. The molecular formula is C33H26BF10OP. The first kappa shape index (κ1) is 33.7. The third-order valence-electron chi connectivity index (χ3n) is 9.20. The number of halogens is 10. The molecule has 4 aromatic rings. The van der Waals surface area contributed by atoms with Crippen LogP contribution in [0, 0.1) is 99.7 Å². The van der Waals surface area contributed by atoms with Crippen LogP contribution in [0.15, 0.2) is 24.3 Å². The van der Waals surface area contributed by atoms with Gasteiger partial charge in [-0.1, -0.05) is 35.4 Å². The second kappa shape index (κ2) is 11.2. The minimum absolute atomic E-state index is 0.328. The number of carbonyl (C=O) groups is 1. The predicted octanol–water partition coefficient (Wildman–Crippen LogP) is 7.88. The highest BCUT2D eigenvalue weighted by atomic mass is 31.2. The van der Waals surface area contributed by atoms with Crippen molar-refractivity contribution in [3.8, 4) is 0 Å². The first-order valence-electron chi connectivity index (χ1n) is 14.2. The van der Waals surface area contributed by atoms with Gasteiger partial charge >= 0.3 is 0 Å². The van der Waals surface area contributed by atoms with Gasteiger partial charge in [0.1, 0.15) is 46.6 Å². The molecule has 1 nitrogen and oxygen atoms in total. The van der Waals surface area contributed by atoms with Crippen LogP contribution < -0.4 is 21.5 Å². The zero-order valence-corrected chi connectivity index (χ0v) is 26.3. The number of hydrogen-bond acceptors (Lipinski definition) is 1. The molecular weight excluding hydrogens is 644 g/mol. The second-order valence-corrected chi connectivity index (χ2v) is 15.6. The Morgan fingerprint density at radius 3 is 1.02 bits per heavy atom. The molecule has 1 aliphatic rings. The van der Waals surface area contributed by atoms with Crippen molar-refractivity contribution in [1.82, 2.24) is 0 Å². The van der Waals surface area contributed by atoms with Crippen molar-refractivity contribution in [2.24, 2.45) is 0 Å². The van der Waals surface area contributed by atoms with E-state index in [2.05, 4.69) is 0 Å². The molecule has 5 rings (SSSR count). The molecule has 0 saturated carbocycles. The summed E-state index contributed by atoms with van der Waals surface area (Å²) in [6.07, 6.45) is -5.99. The Bertz CT molecular complexity index is 1780. The summed E-state index contributed by atoms with van der Waals surface area (Å²) in [5, 5.41) is 0.657. The van der Waals surface area contributed by atoms with Gasteiger partial charge in [0, 0.05) is 6.16 Å². The monoisotopic (exact) mass is 670 g/mol. The molecule has 1 fully saturated rings. The minimum Gasteiger partial charge on any atom is -0.301 e. The third kappa shape index (κ3) is 4.38. The van der Waals surface area contributed by atoms with Crippen LogP contribution in [0.5, 0.6) is 0 Å². The summed E-state index contributed by atoms with van der Waals surface area (Å²) in [6.45, 7) is 10.0. The van der Waals surface area contributed by atoms with Crippen LogP contribution in [0.2, 0.25) is 6.32 Å². The van der Waals surface area contributed by atoms with Gasteiger partial charge in [0.25, 0.3) is 0 Å². The van der Waals surface area contributed by atoms with E-state index < -0.39 is 100 Å². The minimum atomic E-state index is -4.57. The van der Waals surface area contributed by atoms with Gasteiger partial charge in [-0.3, -0.25) is 0 Å². The van der Waals surface area contributed by atoms with Gasteiger partial charge in [-0.25, -0.2) is 43.9 Å². The third-order valence-corrected chi connectivity index (χ3v) is 14.3. The van der Waals surface area contributed by atoms with Crippen LogP contribution in [0.25, 0.3) is 0 Å². The predicted molar refractivity (Wildman–Crippen MR) is 160 cm³/mol. The molecule has 0 bridgehead atoms. The van der Waals surface area contributed by atoms with Crippen LogP contribution in [0.3, 0.4) is 0 Å². The van der Waals surface area contributed by atoms with Crippen LogP contribution in [-0.4, -0.2) is 17.7 Å². The molecule has 0 N–H and O–H groups in total. The molecule has 0 spiro atoms. The summed E-state index contributed by atoms with van der Waals surface area (Å²) in [5.41, 5.74) is -1.74. The lowest BCUT2D eigenvalue weighted by Gasteiger charge is -2.37. The lowest BCUT2D eigenvalue weighted by Crippen LogP contribution is -2.67. The van der Waals surface area contributed by atoms with Crippen LogP contribution in [0.4, 0.5) is 48.7 Å². The van der Waals surface area contributed by atoms with Gasteiger partial charge in [-0.2, -0.15) is 0 Å². The largest absolute Gasteiger partial charge is 0.301 e. The second-order valence-electron chi connectivity index (χ2n) is 12.2. The van der Waals surface area contributed by atoms with Crippen LogP contribution in [0.1, 0.15) is 33.4 Å². The number of aryl methyl sites for hydroxylation is 6. The standard InChI is InChI=1S/C33H26BF10OP/c1-13-9-15(3)31(16(4)10-13)46(32-17(5)11-14(2)12-18(32)6)8-7-34(33(46)45,19-21(35)25(39)29(43)26(40)22(19)36)20-23(37)27(41)30(44)28(42)24(20)38/h9-12H,7-8H2,1-6H3. The summed E-state index contributed by atoms with van der Waals surface area (Å²) in [6, 6.07) is 6.78. The van der Waals surface area contributed by atoms with Crippen molar-refractivity contribution < 1.29 is 48.7 Å². The Kier molecular flexibility index (Phi) is 8.24. The molecule has 1 saturated heterocycles. The van der Waals surface area contributed by atoms with Gasteiger partial charge in [-0.15, -0.1) is 17.2 Å². The van der Waals surface area contributed by atoms with Gasteiger partial charge < -0.3 is 4.79 Å². The van der Waals surface area contributed by atoms with Crippen molar-refractivity contribution >= 4 is 40.4 Å². The Morgan fingerprint density at radius 1 is 0.478 bits per heavy atom. The Balaban J connectivity index is 2.09. The van der Waals surface area contributed by atoms with Crippen molar-refractivity contribution in [2.75, 3.05) is 6.16 Å². The average molecular weight is 670 g/mol. The molecule has 242 valence electrons. The quantitative estimate of drug-likeness (QED) is 0.0711. The molecule has 0 amide bonds. The average Bonchev–Trinajstić information content (AvgIpc) is 3.25. The Hall–Kier alpha value is -3.66. The number of hydrogen-bond donors (Lipinski definition) is 0. The molecule has 46 heavy (non-hydrogen) atoms. The van der Waals surface area contributed by atoms with E-state index in [1.54, 1.807) is 65.8 Å². The topological polar surface area (TPSA) is 17.1 Å². The SMILES string of the molecule is Cc1cc(C)c([P+]2(c3c(C)cc(C)cc3C)CC[B-](c3c(F)c(F)c(F)c(F)c3F)(c3c(F)c(F)c(F)c(F)c3F)C2=O)c(C)c1. The summed E-state index contributed by atoms with van der Waals surface area (Å²) < 4.78 is 151. The first-order valence-corrected chi connectivity index (χ1v) is 16.1. The smallest absolute Gasteiger partial charge is 0.200 e. The maximum atomic E-state index is 15.8. The summed E-state index contributed by atoms with van der Waals surface area (Å²) in [5.74, 6) is -25.8. The molecule has 0 radical (unpaired) electrons. The van der Waals surface area contributed by atoms with Crippen molar-refractivity contribution in [3.63, 3.8) is 0 Å². The number of benzene rings is 4. The zero-order valence-electron chi connectivity index (χ0n) is 25.4. The first-order chi connectivity index (χ1) is 21.4. The summed E-state index contributed by atoms with van der Waals surface area (Å²) >= 11 is 0. The lowest BCUT2D eigenvalue weighted by atomic mass is 9.17. The number of rotatable bonds is 4. The van der Waals surface area contributed by atoms with E-state index in [0.717, 1.165) is 11.1 Å². The molecule has 1 aliphatic heterocycles. The Morgan fingerprint density at radius 2 is 0.739 bits per heavy atom. The highest BCUT2D eigenvalue weighted by Crippen LogP contribution is 2.67. The number of carbonyl (C=O) groups excluding carboxylic acids is 1. The molecule has 4 aromatic carbocycles. The molecule has 0 aliphatic carbocycles.